The molecule has 2 aromatic rings. The van der Waals surface area contributed by atoms with E-state index in [9.17, 15) is 14.0 Å². The number of piperazine rings is 1. The lowest BCUT2D eigenvalue weighted by Crippen LogP contribution is -2.58. The Labute approximate surface area is 188 Å². The van der Waals surface area contributed by atoms with Crippen LogP contribution < -0.4 is 0 Å². The number of nitrogens with zero attached hydrogens (tertiary/aromatic N) is 2. The summed E-state index contributed by atoms with van der Waals surface area (Å²) in [6, 6.07) is 12.9. The molecule has 0 aromatic heterocycles. The van der Waals surface area contributed by atoms with Gasteiger partial charge in [-0.05, 0) is 54.7 Å². The van der Waals surface area contributed by atoms with E-state index in [0.29, 0.717) is 23.6 Å². The van der Waals surface area contributed by atoms with Gasteiger partial charge < -0.3 is 9.80 Å². The average Bonchev–Trinajstić information content (AvgIpc) is 3.05. The van der Waals surface area contributed by atoms with Gasteiger partial charge in [0, 0.05) is 17.6 Å². The molecule has 6 heteroatoms. The molecule has 0 N–H and O–H groups in total. The highest BCUT2D eigenvalue weighted by Crippen LogP contribution is 2.32. The standard InChI is InChI=1S/C25H28ClFN2O2/c26-20-11-7-18(8-12-20)15-16-28-23(30)17-29(22-5-3-1-2-4-6-22)25(31)24(28)19-9-13-21(27)14-10-19/h7-14,22,24H,1-6,15-17H2. The molecule has 2 aromatic carbocycles. The van der Waals surface area contributed by atoms with Gasteiger partial charge in [0.25, 0.3) is 5.91 Å². The van der Waals surface area contributed by atoms with Gasteiger partial charge in [-0.25, -0.2) is 4.39 Å². The zero-order valence-electron chi connectivity index (χ0n) is 17.6. The molecule has 4 nitrogen and oxygen atoms in total. The van der Waals surface area contributed by atoms with Crippen molar-refractivity contribution in [1.82, 2.24) is 9.80 Å². The van der Waals surface area contributed by atoms with Gasteiger partial charge in [0.2, 0.25) is 5.91 Å². The van der Waals surface area contributed by atoms with Crippen molar-refractivity contribution in [3.63, 3.8) is 0 Å². The summed E-state index contributed by atoms with van der Waals surface area (Å²) in [7, 11) is 0. The van der Waals surface area contributed by atoms with Crippen LogP contribution in [0.1, 0.15) is 55.7 Å². The second-order valence-corrected chi connectivity index (χ2v) is 8.97. The van der Waals surface area contributed by atoms with Crippen molar-refractivity contribution < 1.29 is 14.0 Å². The van der Waals surface area contributed by atoms with Gasteiger partial charge in [-0.15, -0.1) is 0 Å². The summed E-state index contributed by atoms with van der Waals surface area (Å²) in [5.41, 5.74) is 1.71. The molecular formula is C25H28ClFN2O2. The molecule has 1 unspecified atom stereocenters. The zero-order chi connectivity index (χ0) is 21.8. The molecule has 1 heterocycles. The molecule has 0 radical (unpaired) electrons. The fourth-order valence-electron chi connectivity index (χ4n) is 4.75. The van der Waals surface area contributed by atoms with Crippen molar-refractivity contribution in [3.05, 3.63) is 70.5 Å². The summed E-state index contributed by atoms with van der Waals surface area (Å²) < 4.78 is 13.6. The fourth-order valence-corrected chi connectivity index (χ4v) is 4.88. The highest BCUT2D eigenvalue weighted by molar-refractivity contribution is 6.30. The van der Waals surface area contributed by atoms with Crippen molar-refractivity contribution in [1.29, 1.82) is 0 Å². The number of benzene rings is 2. The number of halogens is 2. The third-order valence-electron chi connectivity index (χ3n) is 6.46. The Kier molecular flexibility index (Phi) is 6.91. The van der Waals surface area contributed by atoms with Crippen LogP contribution in [-0.4, -0.2) is 40.7 Å². The number of carbonyl (C=O) groups is 2. The lowest BCUT2D eigenvalue weighted by Gasteiger charge is -2.43. The van der Waals surface area contributed by atoms with E-state index in [4.69, 9.17) is 11.6 Å². The Morgan fingerprint density at radius 3 is 2.19 bits per heavy atom. The van der Waals surface area contributed by atoms with Crippen LogP contribution in [0.3, 0.4) is 0 Å². The van der Waals surface area contributed by atoms with Crippen LogP contribution in [0.4, 0.5) is 4.39 Å². The largest absolute Gasteiger partial charge is 0.328 e. The minimum absolute atomic E-state index is 0.0470. The Balaban J connectivity index is 1.59. The fraction of sp³-hybridized carbons (Fsp3) is 0.440. The molecule has 1 atom stereocenters. The molecule has 2 fully saturated rings. The zero-order valence-corrected chi connectivity index (χ0v) is 18.4. The van der Waals surface area contributed by atoms with E-state index in [2.05, 4.69) is 0 Å². The number of rotatable bonds is 5. The minimum atomic E-state index is -0.711. The molecule has 1 aliphatic carbocycles. The van der Waals surface area contributed by atoms with Gasteiger partial charge >= 0.3 is 0 Å². The summed E-state index contributed by atoms with van der Waals surface area (Å²) in [5.74, 6) is -0.451. The lowest BCUT2D eigenvalue weighted by molar-refractivity contribution is -0.158. The van der Waals surface area contributed by atoms with E-state index < -0.39 is 6.04 Å². The Bertz CT molecular complexity index is 908. The van der Waals surface area contributed by atoms with E-state index in [1.54, 1.807) is 21.9 Å². The Hall–Kier alpha value is -2.40. The highest BCUT2D eigenvalue weighted by Gasteiger charge is 2.42. The Morgan fingerprint density at radius 2 is 1.55 bits per heavy atom. The summed E-state index contributed by atoms with van der Waals surface area (Å²) >= 11 is 5.97. The van der Waals surface area contributed by atoms with Crippen molar-refractivity contribution >= 4 is 23.4 Å². The van der Waals surface area contributed by atoms with Gasteiger partial charge in [0.1, 0.15) is 18.4 Å². The topological polar surface area (TPSA) is 40.6 Å². The van der Waals surface area contributed by atoms with Gasteiger partial charge in [-0.3, -0.25) is 9.59 Å². The van der Waals surface area contributed by atoms with E-state index in [0.717, 1.165) is 31.2 Å². The molecule has 0 bridgehead atoms. The summed E-state index contributed by atoms with van der Waals surface area (Å²) in [6.45, 7) is 0.550. The third kappa shape index (κ3) is 5.09. The van der Waals surface area contributed by atoms with Crippen LogP contribution in [-0.2, 0) is 16.0 Å². The first-order valence-corrected chi connectivity index (χ1v) is 11.5. The predicted octanol–water partition coefficient (Wildman–Crippen LogP) is 5.16. The molecule has 1 saturated carbocycles. The molecule has 164 valence electrons. The SMILES string of the molecule is O=C1C(c2ccc(F)cc2)N(CCc2ccc(Cl)cc2)C(=O)CN1C1CCCCCC1. The van der Waals surface area contributed by atoms with Gasteiger partial charge in [0.15, 0.2) is 0 Å². The quantitative estimate of drug-likeness (QED) is 0.600. The molecule has 1 saturated heterocycles. The van der Waals surface area contributed by atoms with E-state index in [1.807, 2.05) is 24.3 Å². The lowest BCUT2D eigenvalue weighted by atomic mass is 9.97. The minimum Gasteiger partial charge on any atom is -0.328 e. The molecule has 2 amide bonds. The van der Waals surface area contributed by atoms with Crippen LogP contribution >= 0.6 is 11.6 Å². The maximum atomic E-state index is 13.7. The molecular weight excluding hydrogens is 415 g/mol. The van der Waals surface area contributed by atoms with Crippen LogP contribution in [0.25, 0.3) is 0 Å². The van der Waals surface area contributed by atoms with Crippen LogP contribution in [0.2, 0.25) is 5.02 Å². The second-order valence-electron chi connectivity index (χ2n) is 8.53. The summed E-state index contributed by atoms with van der Waals surface area (Å²) in [5, 5.41) is 0.663. The Morgan fingerprint density at radius 1 is 0.903 bits per heavy atom. The molecule has 4 rings (SSSR count). The van der Waals surface area contributed by atoms with E-state index in [1.165, 1.54) is 25.0 Å². The van der Waals surface area contributed by atoms with Crippen molar-refractivity contribution in [2.45, 2.75) is 57.0 Å². The monoisotopic (exact) mass is 442 g/mol. The van der Waals surface area contributed by atoms with E-state index >= 15 is 0 Å². The van der Waals surface area contributed by atoms with Crippen LogP contribution in [0, 0.1) is 5.82 Å². The van der Waals surface area contributed by atoms with Crippen LogP contribution in [0.5, 0.6) is 0 Å². The summed E-state index contributed by atoms with van der Waals surface area (Å²) in [4.78, 5) is 30.4. The highest BCUT2D eigenvalue weighted by atomic mass is 35.5. The third-order valence-corrected chi connectivity index (χ3v) is 6.71. The van der Waals surface area contributed by atoms with Gasteiger partial charge in [-0.2, -0.15) is 0 Å². The van der Waals surface area contributed by atoms with Crippen molar-refractivity contribution in [2.75, 3.05) is 13.1 Å². The molecule has 2 aliphatic rings. The number of carbonyl (C=O) groups excluding carboxylic acids is 2. The first-order chi connectivity index (χ1) is 15.0. The normalized spacial score (nSPS) is 20.8. The molecule has 0 spiro atoms. The first-order valence-electron chi connectivity index (χ1n) is 11.1. The van der Waals surface area contributed by atoms with Gasteiger partial charge in [0.05, 0.1) is 0 Å². The molecule has 1 aliphatic heterocycles. The van der Waals surface area contributed by atoms with Crippen LogP contribution in [0.15, 0.2) is 48.5 Å². The van der Waals surface area contributed by atoms with E-state index in [-0.39, 0.29) is 30.2 Å². The number of amides is 2. The van der Waals surface area contributed by atoms with Gasteiger partial charge in [-0.1, -0.05) is 61.5 Å². The summed E-state index contributed by atoms with van der Waals surface area (Å²) in [6.07, 6.45) is 7.05. The number of hydrogen-bond donors (Lipinski definition) is 0. The van der Waals surface area contributed by atoms with Crippen molar-refractivity contribution in [2.24, 2.45) is 0 Å². The van der Waals surface area contributed by atoms with Crippen molar-refractivity contribution in [3.8, 4) is 0 Å². The predicted molar refractivity (Wildman–Crippen MR) is 119 cm³/mol. The molecule has 31 heavy (non-hydrogen) atoms. The smallest absolute Gasteiger partial charge is 0.250 e. The number of hydrogen-bond acceptors (Lipinski definition) is 2. The maximum Gasteiger partial charge on any atom is 0.250 e. The first kappa shape index (κ1) is 21.8. The maximum absolute atomic E-state index is 13.7. The second kappa shape index (κ2) is 9.82. The average molecular weight is 443 g/mol.